The monoisotopic (exact) mass is 383 g/mol. The second kappa shape index (κ2) is 6.36. The molecule has 3 atom stereocenters. The Bertz CT molecular complexity index is 1010. The molecule has 2 aromatic rings. The summed E-state index contributed by atoms with van der Waals surface area (Å²) in [7, 11) is 0. The quantitative estimate of drug-likeness (QED) is 0.794. The van der Waals surface area contributed by atoms with Gasteiger partial charge in [-0.25, -0.2) is 0 Å². The summed E-state index contributed by atoms with van der Waals surface area (Å²) in [6, 6.07) is 5.54. The molecule has 1 aliphatic carbocycles. The van der Waals surface area contributed by atoms with Gasteiger partial charge in [-0.1, -0.05) is 31.0 Å². The van der Waals surface area contributed by atoms with Gasteiger partial charge in [-0.2, -0.15) is 4.39 Å². The van der Waals surface area contributed by atoms with Gasteiger partial charge in [-0.3, -0.25) is 9.59 Å². The van der Waals surface area contributed by atoms with E-state index >= 15 is 0 Å². The first kappa shape index (κ1) is 17.3. The molecule has 1 fully saturated rings. The Morgan fingerprint density at radius 1 is 1.29 bits per heavy atom. The number of nitrogens with zero attached hydrogens (tertiary/aromatic N) is 1. The Kier molecular flexibility index (Phi) is 3.92. The zero-order valence-electron chi connectivity index (χ0n) is 15.6. The molecule has 0 bridgehead atoms. The van der Waals surface area contributed by atoms with Gasteiger partial charge in [0.05, 0.1) is 24.2 Å². The van der Waals surface area contributed by atoms with E-state index in [0.717, 1.165) is 31.4 Å². The third-order valence-electron chi connectivity index (χ3n) is 6.20. The Labute approximate surface area is 161 Å². The maximum absolute atomic E-state index is 13.9. The fourth-order valence-electron chi connectivity index (χ4n) is 5.07. The fourth-order valence-corrected chi connectivity index (χ4v) is 5.07. The molecule has 28 heavy (non-hydrogen) atoms. The lowest BCUT2D eigenvalue weighted by molar-refractivity contribution is -0.134. The standard InChI is InChI=1S/C21H22FN3O3/c1-11(26)25-16-8-3-2-7-14(16)24-15-10-23-21(27)18(15)19(25)13-6-4-5-12-9-17(22)28-20(12)13/h4-6,9,14,16,19,24H,2-3,7-8,10H2,1H3,(H,23,27)/t14-,16-,19-/m1/s1. The van der Waals surface area contributed by atoms with Crippen LogP contribution in [0.3, 0.4) is 0 Å². The van der Waals surface area contributed by atoms with E-state index < -0.39 is 12.1 Å². The molecule has 2 aliphatic heterocycles. The summed E-state index contributed by atoms with van der Waals surface area (Å²) in [5.41, 5.74) is 2.40. The lowest BCUT2D eigenvalue weighted by Gasteiger charge is -2.42. The minimum absolute atomic E-state index is 0.0234. The molecular formula is C21H22FN3O3. The largest absolute Gasteiger partial charge is 0.431 e. The first-order valence-electron chi connectivity index (χ1n) is 9.79. The third kappa shape index (κ3) is 2.52. The number of halogens is 1. The number of hydrogen-bond donors (Lipinski definition) is 2. The molecule has 5 rings (SSSR count). The molecule has 6 nitrogen and oxygen atoms in total. The highest BCUT2D eigenvalue weighted by Gasteiger charge is 2.46. The minimum Gasteiger partial charge on any atom is -0.431 e. The van der Waals surface area contributed by atoms with Crippen LogP contribution in [0.15, 0.2) is 40.0 Å². The highest BCUT2D eigenvalue weighted by atomic mass is 19.1. The van der Waals surface area contributed by atoms with Crippen LogP contribution in [-0.4, -0.2) is 35.3 Å². The smallest absolute Gasteiger partial charge is 0.278 e. The number of amides is 2. The number of para-hydroxylation sites is 1. The Morgan fingerprint density at radius 2 is 2.11 bits per heavy atom. The number of rotatable bonds is 1. The molecule has 2 amide bonds. The van der Waals surface area contributed by atoms with Gasteiger partial charge in [0.15, 0.2) is 0 Å². The van der Waals surface area contributed by atoms with Crippen LogP contribution in [0, 0.1) is 6.01 Å². The van der Waals surface area contributed by atoms with Gasteiger partial charge in [0.25, 0.3) is 11.9 Å². The summed E-state index contributed by atoms with van der Waals surface area (Å²) in [4.78, 5) is 27.5. The Balaban J connectivity index is 1.76. The van der Waals surface area contributed by atoms with Crippen molar-refractivity contribution in [3.8, 4) is 0 Å². The lowest BCUT2D eigenvalue weighted by Crippen LogP contribution is -2.53. The van der Waals surface area contributed by atoms with E-state index in [0.29, 0.717) is 28.7 Å². The van der Waals surface area contributed by atoms with Crippen LogP contribution < -0.4 is 10.6 Å². The molecule has 3 heterocycles. The molecular weight excluding hydrogens is 361 g/mol. The van der Waals surface area contributed by atoms with Crippen molar-refractivity contribution < 1.29 is 18.4 Å². The highest BCUT2D eigenvalue weighted by Crippen LogP contribution is 2.42. The summed E-state index contributed by atoms with van der Waals surface area (Å²) in [5.74, 6) is -0.289. The average molecular weight is 383 g/mol. The molecule has 1 aromatic heterocycles. The number of fused-ring (bicyclic) bond motifs is 2. The van der Waals surface area contributed by atoms with Crippen LogP contribution in [-0.2, 0) is 9.59 Å². The molecule has 2 N–H and O–H groups in total. The van der Waals surface area contributed by atoms with Gasteiger partial charge in [0.2, 0.25) is 5.91 Å². The topological polar surface area (TPSA) is 74.6 Å². The lowest BCUT2D eigenvalue weighted by atomic mass is 9.87. The number of furan rings is 1. The number of benzene rings is 1. The van der Waals surface area contributed by atoms with E-state index in [1.54, 1.807) is 13.0 Å². The summed E-state index contributed by atoms with van der Waals surface area (Å²) < 4.78 is 19.2. The molecule has 7 heteroatoms. The number of hydrogen-bond acceptors (Lipinski definition) is 4. The molecule has 1 aromatic carbocycles. The SMILES string of the molecule is CC(=O)N1[C@@H]2CCCC[C@H]2NC2=C(C(=O)NC2)[C@H]1c1cccc2cc(F)oc12. The van der Waals surface area contributed by atoms with Crippen molar-refractivity contribution >= 4 is 22.8 Å². The first-order chi connectivity index (χ1) is 13.5. The third-order valence-corrected chi connectivity index (χ3v) is 6.20. The van der Waals surface area contributed by atoms with Gasteiger partial charge < -0.3 is 20.0 Å². The zero-order chi connectivity index (χ0) is 19.4. The van der Waals surface area contributed by atoms with Crippen molar-refractivity contribution in [1.82, 2.24) is 15.5 Å². The fraction of sp³-hybridized carbons (Fsp3) is 0.429. The van der Waals surface area contributed by atoms with Crippen molar-refractivity contribution in [2.45, 2.75) is 50.7 Å². The van der Waals surface area contributed by atoms with Crippen molar-refractivity contribution in [1.29, 1.82) is 0 Å². The predicted molar refractivity (Wildman–Crippen MR) is 101 cm³/mol. The maximum Gasteiger partial charge on any atom is 0.278 e. The molecule has 146 valence electrons. The van der Waals surface area contributed by atoms with E-state index in [1.807, 2.05) is 17.0 Å². The normalized spacial score (nSPS) is 27.1. The zero-order valence-corrected chi connectivity index (χ0v) is 15.6. The molecule has 0 unspecified atom stereocenters. The van der Waals surface area contributed by atoms with E-state index in [-0.39, 0.29) is 23.9 Å². The minimum atomic E-state index is -0.677. The van der Waals surface area contributed by atoms with Crippen molar-refractivity contribution in [3.63, 3.8) is 0 Å². The van der Waals surface area contributed by atoms with E-state index in [4.69, 9.17) is 4.42 Å². The van der Waals surface area contributed by atoms with Crippen LogP contribution in [0.25, 0.3) is 11.0 Å². The molecule has 3 aliphatic rings. The summed E-state index contributed by atoms with van der Waals surface area (Å²) in [5, 5.41) is 7.05. The van der Waals surface area contributed by atoms with Crippen LogP contribution in [0.5, 0.6) is 0 Å². The van der Waals surface area contributed by atoms with Gasteiger partial charge in [0, 0.05) is 35.7 Å². The Hall–Kier alpha value is -2.83. The predicted octanol–water partition coefficient (Wildman–Crippen LogP) is 2.76. The number of carbonyl (C=O) groups excluding carboxylic acids is 2. The second-order valence-electron chi connectivity index (χ2n) is 7.82. The first-order valence-corrected chi connectivity index (χ1v) is 9.79. The molecule has 0 spiro atoms. The molecule has 0 radical (unpaired) electrons. The van der Waals surface area contributed by atoms with Gasteiger partial charge >= 0.3 is 0 Å². The average Bonchev–Trinajstić information content (AvgIpc) is 3.17. The van der Waals surface area contributed by atoms with Crippen molar-refractivity contribution in [3.05, 3.63) is 47.1 Å². The molecule has 1 saturated carbocycles. The number of nitrogens with one attached hydrogen (secondary N) is 2. The van der Waals surface area contributed by atoms with E-state index in [2.05, 4.69) is 10.6 Å². The van der Waals surface area contributed by atoms with Crippen molar-refractivity contribution in [2.75, 3.05) is 6.54 Å². The van der Waals surface area contributed by atoms with Crippen LogP contribution in [0.4, 0.5) is 4.39 Å². The highest BCUT2D eigenvalue weighted by molar-refractivity contribution is 6.00. The van der Waals surface area contributed by atoms with Gasteiger partial charge in [-0.15, -0.1) is 0 Å². The summed E-state index contributed by atoms with van der Waals surface area (Å²) in [6.07, 6.45) is 3.95. The van der Waals surface area contributed by atoms with Crippen molar-refractivity contribution in [2.24, 2.45) is 0 Å². The van der Waals surface area contributed by atoms with Crippen LogP contribution in [0.1, 0.15) is 44.2 Å². The van der Waals surface area contributed by atoms with E-state index in [1.165, 1.54) is 6.07 Å². The summed E-state index contributed by atoms with van der Waals surface area (Å²) >= 11 is 0. The van der Waals surface area contributed by atoms with E-state index in [9.17, 15) is 14.0 Å². The maximum atomic E-state index is 13.9. The van der Waals surface area contributed by atoms with Crippen LogP contribution >= 0.6 is 0 Å². The van der Waals surface area contributed by atoms with Crippen LogP contribution in [0.2, 0.25) is 0 Å². The summed E-state index contributed by atoms with van der Waals surface area (Å²) in [6.45, 7) is 1.96. The van der Waals surface area contributed by atoms with Gasteiger partial charge in [-0.05, 0) is 12.8 Å². The van der Waals surface area contributed by atoms with Gasteiger partial charge in [0.1, 0.15) is 5.58 Å². The number of carbonyl (C=O) groups is 2. The second-order valence-corrected chi connectivity index (χ2v) is 7.82. The molecule has 0 saturated heterocycles. The Morgan fingerprint density at radius 3 is 2.93 bits per heavy atom.